The average molecular weight is 326 g/mol. The number of nitrogens with one attached hydrogen (secondary N) is 1. The van der Waals surface area contributed by atoms with Gasteiger partial charge in [-0.3, -0.25) is 0 Å². The first-order valence-corrected chi connectivity index (χ1v) is 9.16. The largest absolute Gasteiger partial charge is 0.378 e. The highest BCUT2D eigenvalue weighted by molar-refractivity contribution is 7.90. The van der Waals surface area contributed by atoms with Gasteiger partial charge in [0.25, 0.3) is 0 Å². The van der Waals surface area contributed by atoms with Gasteiger partial charge in [-0.25, -0.2) is 18.4 Å². The molecule has 8 heteroatoms. The van der Waals surface area contributed by atoms with Gasteiger partial charge in [-0.1, -0.05) is 0 Å². The van der Waals surface area contributed by atoms with Gasteiger partial charge in [0, 0.05) is 18.8 Å². The molecule has 22 heavy (non-hydrogen) atoms. The highest BCUT2D eigenvalue weighted by atomic mass is 32.2. The molecule has 0 aromatic carbocycles. The molecule has 1 aromatic rings. The van der Waals surface area contributed by atoms with E-state index in [1.165, 1.54) is 4.31 Å². The molecule has 0 unspecified atom stereocenters. The maximum Gasteiger partial charge on any atom is 0.217 e. The number of sulfonamides is 1. The molecule has 1 N–H and O–H groups in total. The fraction of sp³-hybridized carbons (Fsp3) is 0.714. The summed E-state index contributed by atoms with van der Waals surface area (Å²) in [7, 11) is -3.27. The Labute approximate surface area is 131 Å². The molecule has 1 aliphatic carbocycles. The van der Waals surface area contributed by atoms with Gasteiger partial charge in [-0.2, -0.15) is 4.31 Å². The first kappa shape index (κ1) is 15.6. The second-order valence-electron chi connectivity index (χ2n) is 6.04. The molecule has 0 bridgehead atoms. The number of anilines is 1. The number of nitrogens with zero attached hydrogens (tertiary/aromatic N) is 3. The number of morpholine rings is 1. The Morgan fingerprint density at radius 2 is 2.18 bits per heavy atom. The predicted octanol–water partition coefficient (Wildman–Crippen LogP) is 1.16. The van der Waals surface area contributed by atoms with Crippen molar-refractivity contribution >= 4 is 15.8 Å². The molecule has 1 saturated heterocycles. The van der Waals surface area contributed by atoms with E-state index < -0.39 is 16.1 Å². The van der Waals surface area contributed by atoms with Gasteiger partial charge in [0.1, 0.15) is 11.9 Å². The molecule has 1 atom stereocenters. The lowest BCUT2D eigenvalue weighted by atomic mass is 10.2. The van der Waals surface area contributed by atoms with Crippen molar-refractivity contribution in [2.24, 2.45) is 0 Å². The van der Waals surface area contributed by atoms with E-state index in [1.54, 1.807) is 12.3 Å². The topological polar surface area (TPSA) is 84.4 Å². The molecule has 1 aromatic heterocycles. The minimum atomic E-state index is -3.27. The van der Waals surface area contributed by atoms with Crippen LogP contribution in [0, 0.1) is 0 Å². The molecule has 2 heterocycles. The first-order valence-electron chi connectivity index (χ1n) is 7.66. The SMILES string of the molecule is CC(C)Nc1ccnc([C@@H]2COCCN2S(=O)(=O)C2CC2)n1. The first-order chi connectivity index (χ1) is 10.5. The summed E-state index contributed by atoms with van der Waals surface area (Å²) >= 11 is 0. The summed E-state index contributed by atoms with van der Waals surface area (Å²) in [6, 6.07) is 1.59. The van der Waals surface area contributed by atoms with Crippen molar-refractivity contribution in [3.05, 3.63) is 18.1 Å². The Morgan fingerprint density at radius 1 is 1.41 bits per heavy atom. The lowest BCUT2D eigenvalue weighted by Gasteiger charge is -2.33. The van der Waals surface area contributed by atoms with E-state index in [0.29, 0.717) is 31.4 Å². The van der Waals surface area contributed by atoms with E-state index in [4.69, 9.17) is 4.74 Å². The van der Waals surface area contributed by atoms with Crippen molar-refractivity contribution in [2.45, 2.75) is 44.0 Å². The van der Waals surface area contributed by atoms with Crippen LogP contribution in [0.15, 0.2) is 12.3 Å². The summed E-state index contributed by atoms with van der Waals surface area (Å²) in [6.07, 6.45) is 3.16. The molecule has 3 rings (SSSR count). The van der Waals surface area contributed by atoms with Gasteiger partial charge in [-0.05, 0) is 32.8 Å². The zero-order chi connectivity index (χ0) is 15.7. The van der Waals surface area contributed by atoms with E-state index >= 15 is 0 Å². The number of aromatic nitrogens is 2. The van der Waals surface area contributed by atoms with Crippen molar-refractivity contribution in [3.63, 3.8) is 0 Å². The lowest BCUT2D eigenvalue weighted by molar-refractivity contribution is 0.0289. The average Bonchev–Trinajstić information content (AvgIpc) is 3.32. The third-order valence-corrected chi connectivity index (χ3v) is 6.17. The van der Waals surface area contributed by atoms with Crippen molar-refractivity contribution in [1.29, 1.82) is 0 Å². The van der Waals surface area contributed by atoms with Crippen LogP contribution in [0.25, 0.3) is 0 Å². The monoisotopic (exact) mass is 326 g/mol. The van der Waals surface area contributed by atoms with E-state index in [0.717, 1.165) is 12.8 Å². The van der Waals surface area contributed by atoms with Gasteiger partial charge in [0.15, 0.2) is 5.82 Å². The number of rotatable bonds is 5. The number of ether oxygens (including phenoxy) is 1. The van der Waals surface area contributed by atoms with Gasteiger partial charge >= 0.3 is 0 Å². The van der Waals surface area contributed by atoms with Gasteiger partial charge in [-0.15, -0.1) is 0 Å². The van der Waals surface area contributed by atoms with Gasteiger partial charge in [0.2, 0.25) is 10.0 Å². The van der Waals surface area contributed by atoms with E-state index in [1.807, 2.05) is 13.8 Å². The van der Waals surface area contributed by atoms with Crippen LogP contribution in [-0.4, -0.2) is 53.7 Å². The Hall–Kier alpha value is -1.25. The number of hydrogen-bond acceptors (Lipinski definition) is 6. The number of hydrogen-bond donors (Lipinski definition) is 1. The van der Waals surface area contributed by atoms with Gasteiger partial charge in [0.05, 0.1) is 18.5 Å². The maximum absolute atomic E-state index is 12.6. The minimum absolute atomic E-state index is 0.231. The maximum atomic E-state index is 12.6. The molecule has 0 amide bonds. The molecule has 1 saturated carbocycles. The molecular formula is C14H22N4O3S. The van der Waals surface area contributed by atoms with Crippen molar-refractivity contribution in [1.82, 2.24) is 14.3 Å². The van der Waals surface area contributed by atoms with Crippen LogP contribution in [0.1, 0.15) is 38.6 Å². The Morgan fingerprint density at radius 3 is 2.86 bits per heavy atom. The second-order valence-corrected chi connectivity index (χ2v) is 8.21. The van der Waals surface area contributed by atoms with Crippen LogP contribution in [0.3, 0.4) is 0 Å². The molecule has 2 aliphatic rings. The van der Waals surface area contributed by atoms with E-state index in [-0.39, 0.29) is 11.3 Å². The van der Waals surface area contributed by atoms with E-state index in [9.17, 15) is 8.42 Å². The molecule has 0 spiro atoms. The van der Waals surface area contributed by atoms with Crippen LogP contribution < -0.4 is 5.32 Å². The summed E-state index contributed by atoms with van der Waals surface area (Å²) in [5, 5.41) is 2.98. The van der Waals surface area contributed by atoms with Crippen molar-refractivity contribution < 1.29 is 13.2 Å². The van der Waals surface area contributed by atoms with Crippen LogP contribution in [0.2, 0.25) is 0 Å². The zero-order valence-electron chi connectivity index (χ0n) is 12.9. The van der Waals surface area contributed by atoms with Crippen molar-refractivity contribution in [2.75, 3.05) is 25.1 Å². The summed E-state index contributed by atoms with van der Waals surface area (Å²) < 4.78 is 32.2. The van der Waals surface area contributed by atoms with E-state index in [2.05, 4.69) is 15.3 Å². The smallest absolute Gasteiger partial charge is 0.217 e. The van der Waals surface area contributed by atoms with Gasteiger partial charge < -0.3 is 10.1 Å². The third-order valence-electron chi connectivity index (χ3n) is 3.76. The fourth-order valence-electron chi connectivity index (χ4n) is 2.56. The Balaban J connectivity index is 1.87. The fourth-order valence-corrected chi connectivity index (χ4v) is 4.52. The normalized spacial score (nSPS) is 23.7. The van der Waals surface area contributed by atoms with Crippen LogP contribution in [0.5, 0.6) is 0 Å². The minimum Gasteiger partial charge on any atom is -0.378 e. The molecule has 7 nitrogen and oxygen atoms in total. The molecule has 2 fully saturated rings. The van der Waals surface area contributed by atoms with Crippen LogP contribution in [-0.2, 0) is 14.8 Å². The van der Waals surface area contributed by atoms with Crippen LogP contribution in [0.4, 0.5) is 5.82 Å². The lowest BCUT2D eigenvalue weighted by Crippen LogP contribution is -2.45. The molecular weight excluding hydrogens is 304 g/mol. The zero-order valence-corrected chi connectivity index (χ0v) is 13.7. The third kappa shape index (κ3) is 3.23. The molecule has 0 radical (unpaired) electrons. The Bertz CT molecular complexity index is 631. The van der Waals surface area contributed by atoms with Crippen LogP contribution >= 0.6 is 0 Å². The predicted molar refractivity (Wildman–Crippen MR) is 83.0 cm³/mol. The summed E-state index contributed by atoms with van der Waals surface area (Å²) in [4.78, 5) is 8.75. The standard InChI is InChI=1S/C14H22N4O3S/c1-10(2)16-13-5-6-15-14(17-13)12-9-21-8-7-18(12)22(19,20)11-3-4-11/h5-6,10-12H,3-4,7-9H2,1-2H3,(H,15,16,17)/t12-/m0/s1. The summed E-state index contributed by atoms with van der Waals surface area (Å²) in [6.45, 7) is 5.14. The highest BCUT2D eigenvalue weighted by Crippen LogP contribution is 2.36. The summed E-state index contributed by atoms with van der Waals surface area (Å²) in [5.74, 6) is 1.20. The highest BCUT2D eigenvalue weighted by Gasteiger charge is 2.45. The quantitative estimate of drug-likeness (QED) is 0.874. The Kier molecular flexibility index (Phi) is 4.33. The molecule has 122 valence electrons. The summed E-state index contributed by atoms with van der Waals surface area (Å²) in [5.41, 5.74) is 0. The second kappa shape index (κ2) is 6.10. The van der Waals surface area contributed by atoms with Crippen molar-refractivity contribution in [3.8, 4) is 0 Å². The molecule has 1 aliphatic heterocycles.